The van der Waals surface area contributed by atoms with Crippen LogP contribution in [0.5, 0.6) is 0 Å². The van der Waals surface area contributed by atoms with Crippen LogP contribution in [0.25, 0.3) is 0 Å². The number of hydrogen-bond acceptors (Lipinski definition) is 1. The second-order valence-electron chi connectivity index (χ2n) is 4.21. The van der Waals surface area contributed by atoms with Gasteiger partial charge < -0.3 is 5.73 Å². The fraction of sp³-hybridized carbons (Fsp3) is 0.500. The Bertz CT molecular complexity index is 307. The molecule has 14 heavy (non-hydrogen) atoms. The molecule has 1 aromatic rings. The highest BCUT2D eigenvalue weighted by Crippen LogP contribution is 2.28. The van der Waals surface area contributed by atoms with Crippen molar-refractivity contribution in [1.82, 2.24) is 0 Å². The van der Waals surface area contributed by atoms with Gasteiger partial charge in [0.2, 0.25) is 0 Å². The first-order chi connectivity index (χ1) is 6.52. The number of hydrogen-bond donors (Lipinski definition) is 1. The van der Waals surface area contributed by atoms with Crippen molar-refractivity contribution in [3.05, 3.63) is 34.3 Å². The van der Waals surface area contributed by atoms with Gasteiger partial charge in [0, 0.05) is 11.1 Å². The Morgan fingerprint density at radius 2 is 2.00 bits per heavy atom. The van der Waals surface area contributed by atoms with Crippen molar-refractivity contribution in [2.75, 3.05) is 0 Å². The van der Waals surface area contributed by atoms with Gasteiger partial charge >= 0.3 is 0 Å². The molecule has 0 spiro atoms. The van der Waals surface area contributed by atoms with Crippen LogP contribution in [0.2, 0.25) is 5.02 Å². The van der Waals surface area contributed by atoms with E-state index in [9.17, 15) is 0 Å². The zero-order chi connectivity index (χ0) is 10.7. The normalized spacial score (nSPS) is 13.3. The van der Waals surface area contributed by atoms with Gasteiger partial charge in [0.15, 0.2) is 0 Å². The molecule has 2 heteroatoms. The third-order valence-corrected chi connectivity index (χ3v) is 2.86. The lowest BCUT2D eigenvalue weighted by atomic mass is 9.97. The topological polar surface area (TPSA) is 26.0 Å². The maximum absolute atomic E-state index is 6.19. The van der Waals surface area contributed by atoms with Crippen LogP contribution in [-0.4, -0.2) is 0 Å². The highest BCUT2D eigenvalue weighted by molar-refractivity contribution is 6.32. The molecular formula is C12H18ClN. The van der Waals surface area contributed by atoms with E-state index in [1.54, 1.807) is 0 Å². The molecule has 1 unspecified atom stereocenters. The molecule has 0 bridgehead atoms. The van der Waals surface area contributed by atoms with Crippen LogP contribution in [0.4, 0.5) is 0 Å². The molecule has 0 saturated heterocycles. The van der Waals surface area contributed by atoms with E-state index in [-0.39, 0.29) is 6.04 Å². The molecule has 1 atom stereocenters. The molecule has 0 aliphatic rings. The molecule has 0 saturated carbocycles. The standard InChI is InChI=1S/C12H18ClN/c1-8(2)7-11(14)10-6-4-5-9(3)12(10)13/h4-6,8,11H,7,14H2,1-3H3. The van der Waals surface area contributed by atoms with Crippen LogP contribution < -0.4 is 5.73 Å². The predicted octanol–water partition coefficient (Wildman–Crippen LogP) is 3.69. The first kappa shape index (κ1) is 11.5. The summed E-state index contributed by atoms with van der Waals surface area (Å²) in [5.74, 6) is 0.599. The van der Waals surface area contributed by atoms with Gasteiger partial charge in [-0.25, -0.2) is 0 Å². The van der Waals surface area contributed by atoms with Gasteiger partial charge in [-0.1, -0.05) is 43.6 Å². The molecule has 0 heterocycles. The van der Waals surface area contributed by atoms with Gasteiger partial charge in [-0.05, 0) is 30.4 Å². The minimum atomic E-state index is 0.0578. The van der Waals surface area contributed by atoms with Crippen molar-refractivity contribution in [2.45, 2.75) is 33.2 Å². The Labute approximate surface area is 91.3 Å². The summed E-state index contributed by atoms with van der Waals surface area (Å²) < 4.78 is 0. The van der Waals surface area contributed by atoms with Gasteiger partial charge in [-0.2, -0.15) is 0 Å². The second-order valence-corrected chi connectivity index (χ2v) is 4.59. The first-order valence-corrected chi connectivity index (χ1v) is 5.40. The second kappa shape index (κ2) is 4.81. The van der Waals surface area contributed by atoms with E-state index in [1.165, 1.54) is 0 Å². The maximum atomic E-state index is 6.19. The number of benzene rings is 1. The summed E-state index contributed by atoms with van der Waals surface area (Å²) in [6.07, 6.45) is 0.975. The highest BCUT2D eigenvalue weighted by atomic mass is 35.5. The van der Waals surface area contributed by atoms with Gasteiger partial charge in [-0.3, -0.25) is 0 Å². The Morgan fingerprint density at radius 1 is 1.36 bits per heavy atom. The highest BCUT2D eigenvalue weighted by Gasteiger charge is 2.12. The molecule has 0 aliphatic carbocycles. The van der Waals surface area contributed by atoms with Gasteiger partial charge in [-0.15, -0.1) is 0 Å². The third-order valence-electron chi connectivity index (χ3n) is 2.35. The zero-order valence-electron chi connectivity index (χ0n) is 9.05. The minimum Gasteiger partial charge on any atom is -0.324 e. The number of aryl methyl sites for hydroxylation is 1. The molecule has 2 N–H and O–H groups in total. The number of nitrogens with two attached hydrogens (primary N) is 1. The Kier molecular flexibility index (Phi) is 3.97. The fourth-order valence-electron chi connectivity index (χ4n) is 1.59. The SMILES string of the molecule is Cc1cccc(C(N)CC(C)C)c1Cl. The predicted molar refractivity (Wildman–Crippen MR) is 62.6 cm³/mol. The van der Waals surface area contributed by atoms with Gasteiger partial charge in [0.1, 0.15) is 0 Å². The third kappa shape index (κ3) is 2.73. The average molecular weight is 212 g/mol. The molecule has 1 rings (SSSR count). The lowest BCUT2D eigenvalue weighted by molar-refractivity contribution is 0.510. The van der Waals surface area contributed by atoms with Gasteiger partial charge in [0.25, 0.3) is 0 Å². The molecule has 0 amide bonds. The first-order valence-electron chi connectivity index (χ1n) is 5.03. The largest absolute Gasteiger partial charge is 0.324 e. The maximum Gasteiger partial charge on any atom is 0.0482 e. The number of rotatable bonds is 3. The molecule has 0 fully saturated rings. The monoisotopic (exact) mass is 211 g/mol. The smallest absolute Gasteiger partial charge is 0.0482 e. The van der Waals surface area contributed by atoms with Crippen LogP contribution >= 0.6 is 11.6 Å². The molecule has 0 aliphatic heterocycles. The van der Waals surface area contributed by atoms with Crippen molar-refractivity contribution in [3.63, 3.8) is 0 Å². The summed E-state index contributed by atoms with van der Waals surface area (Å²) in [5, 5.41) is 0.820. The Balaban J connectivity index is 2.89. The molecular weight excluding hydrogens is 194 g/mol. The molecule has 1 aromatic carbocycles. The average Bonchev–Trinajstić information content (AvgIpc) is 2.08. The lowest BCUT2D eigenvalue weighted by Crippen LogP contribution is -2.13. The quantitative estimate of drug-likeness (QED) is 0.811. The van der Waals surface area contributed by atoms with Crippen LogP contribution in [0.15, 0.2) is 18.2 Å². The van der Waals surface area contributed by atoms with Crippen LogP contribution in [0, 0.1) is 12.8 Å². The fourth-order valence-corrected chi connectivity index (χ4v) is 1.86. The summed E-state index contributed by atoms with van der Waals surface area (Å²) in [4.78, 5) is 0. The van der Waals surface area contributed by atoms with Crippen molar-refractivity contribution in [2.24, 2.45) is 11.7 Å². The Hall–Kier alpha value is -0.530. The Morgan fingerprint density at radius 3 is 2.57 bits per heavy atom. The van der Waals surface area contributed by atoms with Gasteiger partial charge in [0.05, 0.1) is 0 Å². The zero-order valence-corrected chi connectivity index (χ0v) is 9.81. The number of halogens is 1. The summed E-state index contributed by atoms with van der Waals surface area (Å²) in [7, 11) is 0. The lowest BCUT2D eigenvalue weighted by Gasteiger charge is -2.16. The summed E-state index contributed by atoms with van der Waals surface area (Å²) >= 11 is 6.19. The van der Waals surface area contributed by atoms with Crippen molar-refractivity contribution >= 4 is 11.6 Å². The molecule has 1 nitrogen and oxygen atoms in total. The van der Waals surface area contributed by atoms with Crippen molar-refractivity contribution in [1.29, 1.82) is 0 Å². The summed E-state index contributed by atoms with van der Waals surface area (Å²) in [5.41, 5.74) is 8.25. The van der Waals surface area contributed by atoms with E-state index < -0.39 is 0 Å². The van der Waals surface area contributed by atoms with E-state index in [2.05, 4.69) is 13.8 Å². The van der Waals surface area contributed by atoms with Crippen molar-refractivity contribution in [3.8, 4) is 0 Å². The van der Waals surface area contributed by atoms with E-state index >= 15 is 0 Å². The summed E-state index contributed by atoms with van der Waals surface area (Å²) in [6, 6.07) is 6.09. The van der Waals surface area contributed by atoms with Crippen LogP contribution in [0.3, 0.4) is 0 Å². The van der Waals surface area contributed by atoms with E-state index in [4.69, 9.17) is 17.3 Å². The molecule has 78 valence electrons. The van der Waals surface area contributed by atoms with E-state index in [1.807, 2.05) is 25.1 Å². The van der Waals surface area contributed by atoms with E-state index in [0.717, 1.165) is 22.6 Å². The minimum absolute atomic E-state index is 0.0578. The van der Waals surface area contributed by atoms with Crippen LogP contribution in [-0.2, 0) is 0 Å². The molecule has 0 radical (unpaired) electrons. The van der Waals surface area contributed by atoms with E-state index in [0.29, 0.717) is 5.92 Å². The molecule has 0 aromatic heterocycles. The van der Waals surface area contributed by atoms with Crippen molar-refractivity contribution < 1.29 is 0 Å². The summed E-state index contributed by atoms with van der Waals surface area (Å²) in [6.45, 7) is 6.35. The van der Waals surface area contributed by atoms with Crippen LogP contribution in [0.1, 0.15) is 37.4 Å².